The molecule has 8 heterocycles. The lowest BCUT2D eigenvalue weighted by atomic mass is 10.1. The number of nitrogens with zero attached hydrogens (tertiary/aromatic N) is 18. The number of H-pyrrole nitrogens is 3. The maximum absolute atomic E-state index is 8.13. The van der Waals surface area contributed by atoms with Crippen LogP contribution in [-0.2, 0) is 168 Å². The molecule has 0 aliphatic carbocycles. The molecule has 5 aromatic carbocycles. The van der Waals surface area contributed by atoms with Crippen LogP contribution in [0.3, 0.4) is 0 Å². The first-order valence-corrected chi connectivity index (χ1v) is 43.2. The number of ether oxygens (including phenoxy) is 19. The van der Waals surface area contributed by atoms with E-state index in [9.17, 15) is 0 Å². The Labute approximate surface area is 773 Å². The van der Waals surface area contributed by atoms with Crippen molar-refractivity contribution in [1.29, 1.82) is 0 Å². The first-order chi connectivity index (χ1) is 66.1. The fraction of sp³-hybridized carbons (Fsp3) is 0.418. The predicted octanol–water partition coefficient (Wildman–Crippen LogP) is 8.87. The van der Waals surface area contributed by atoms with E-state index < -0.39 is 0 Å². The van der Waals surface area contributed by atoms with E-state index in [0.717, 1.165) is 61.5 Å². The minimum absolute atomic E-state index is 0.107. The lowest BCUT2D eigenvalue weighted by molar-refractivity contribution is -0.00497. The van der Waals surface area contributed by atoms with Crippen molar-refractivity contribution < 1.29 is 90.0 Å². The number of terminal acetylenes is 2. The minimum atomic E-state index is 0.107. The van der Waals surface area contributed by atoms with Gasteiger partial charge in [0.2, 0.25) is 29.6 Å². The number of imidazole rings is 3. The van der Waals surface area contributed by atoms with Gasteiger partial charge < -0.3 is 122 Å². The zero-order valence-corrected chi connectivity index (χ0v) is 74.5. The van der Waals surface area contributed by atoms with Gasteiger partial charge in [0.15, 0.2) is 16.9 Å². The maximum Gasteiger partial charge on any atom is 0.245 e. The first-order valence-electron chi connectivity index (χ1n) is 43.2. The van der Waals surface area contributed by atoms with Crippen molar-refractivity contribution in [3.05, 3.63) is 230 Å². The van der Waals surface area contributed by atoms with Crippen LogP contribution in [0.2, 0.25) is 0 Å². The van der Waals surface area contributed by atoms with E-state index >= 15 is 0 Å². The lowest BCUT2D eigenvalue weighted by Gasteiger charge is -2.09. The van der Waals surface area contributed by atoms with Crippen LogP contribution in [0.4, 0.5) is 17.8 Å². The fourth-order valence-corrected chi connectivity index (χ4v) is 12.0. The van der Waals surface area contributed by atoms with Crippen LogP contribution in [0, 0.1) is 24.7 Å². The van der Waals surface area contributed by atoms with Crippen LogP contribution >= 0.6 is 0 Å². The number of azide groups is 1. The number of nitrogens with one attached hydrogen (secondary N) is 3. The Hall–Kier alpha value is -13.4. The summed E-state index contributed by atoms with van der Waals surface area (Å²) in [4.78, 5) is 48.7. The molecule has 43 heteroatoms. The number of rotatable bonds is 65. The highest BCUT2D eigenvalue weighted by Gasteiger charge is 2.16. The molecule has 9 N–H and O–H groups in total. The Morgan fingerprint density at radius 2 is 0.619 bits per heavy atom. The molecule has 0 radical (unpaired) electrons. The lowest BCUT2D eigenvalue weighted by Crippen LogP contribution is -2.13. The molecule has 0 fully saturated rings. The summed E-state index contributed by atoms with van der Waals surface area (Å²) in [6, 6.07) is 39.6. The zero-order chi connectivity index (χ0) is 93.1. The average molecular weight is 1850 g/mol. The molecule has 0 atom stereocenters. The fourth-order valence-electron chi connectivity index (χ4n) is 12.0. The van der Waals surface area contributed by atoms with Crippen molar-refractivity contribution >= 4 is 51.3 Å². The molecule has 13 rings (SSSR count). The van der Waals surface area contributed by atoms with Crippen molar-refractivity contribution in [1.82, 2.24) is 89.8 Å². The van der Waals surface area contributed by atoms with Crippen LogP contribution in [0.5, 0.6) is 17.5 Å². The highest BCUT2D eigenvalue weighted by Crippen LogP contribution is 2.25. The quantitative estimate of drug-likeness (QED) is 0.00681. The molecular formula is C91H112N24O19. The second-order valence-corrected chi connectivity index (χ2v) is 28.8. The van der Waals surface area contributed by atoms with Crippen molar-refractivity contribution in [2.45, 2.75) is 92.4 Å². The number of benzene rings is 5. The second-order valence-electron chi connectivity index (χ2n) is 28.8. The largest absolute Gasteiger partial charge is 0.487 e. The molecular weight excluding hydrogens is 1730 g/mol. The molecule has 0 saturated heterocycles. The monoisotopic (exact) mass is 1840 g/mol. The van der Waals surface area contributed by atoms with Gasteiger partial charge in [-0.3, -0.25) is 0 Å². The predicted molar refractivity (Wildman–Crippen MR) is 488 cm³/mol. The van der Waals surface area contributed by atoms with Crippen LogP contribution in [0.25, 0.3) is 43.9 Å². The van der Waals surface area contributed by atoms with E-state index in [0.29, 0.717) is 301 Å². The van der Waals surface area contributed by atoms with Gasteiger partial charge in [-0.25, -0.2) is 29.3 Å². The summed E-state index contributed by atoms with van der Waals surface area (Å²) in [6.45, 7) is 16.9. The van der Waals surface area contributed by atoms with E-state index in [4.69, 9.17) is 126 Å². The molecule has 0 unspecified atom stereocenters. The molecule has 0 aliphatic rings. The molecule has 43 nitrogen and oxygen atoms in total. The normalized spacial score (nSPS) is 11.2. The van der Waals surface area contributed by atoms with Gasteiger partial charge in [0, 0.05) is 11.5 Å². The highest BCUT2D eigenvalue weighted by molar-refractivity contribution is 5.77. The van der Waals surface area contributed by atoms with Crippen molar-refractivity contribution in [2.24, 2.45) is 5.11 Å². The summed E-state index contributed by atoms with van der Waals surface area (Å²) in [6.07, 6.45) is 18.5. The summed E-state index contributed by atoms with van der Waals surface area (Å²) >= 11 is 0. The Bertz CT molecular complexity index is 5330. The Morgan fingerprint density at radius 1 is 0.321 bits per heavy atom. The van der Waals surface area contributed by atoms with Crippen molar-refractivity contribution in [2.75, 3.05) is 176 Å². The Morgan fingerprint density at radius 3 is 0.978 bits per heavy atom. The third kappa shape index (κ3) is 38.8. The third-order valence-electron chi connectivity index (χ3n) is 18.7. The molecule has 710 valence electrons. The van der Waals surface area contributed by atoms with E-state index in [1.165, 1.54) is 12.7 Å². The Balaban J connectivity index is 0.000000280. The summed E-state index contributed by atoms with van der Waals surface area (Å²) < 4.78 is 110. The highest BCUT2D eigenvalue weighted by atomic mass is 16.6. The topological polar surface area (TPSA) is 527 Å². The van der Waals surface area contributed by atoms with Gasteiger partial charge in [0.25, 0.3) is 0 Å². The van der Waals surface area contributed by atoms with E-state index in [-0.39, 0.29) is 24.5 Å². The number of hydrogen-bond donors (Lipinski definition) is 6. The second kappa shape index (κ2) is 60.6. The SMILES string of the molecule is C#CCOCc1ccc(COCC#C)cc1.Nc1nc(COc2ccc(COCCOCCOCCOCCn3cc(COCc4ccc(COCc5cn(CCOCCOCCOCCOCc6ccc(COc7nc(N)nc8nc[nH]c78)cc6)nn5)cc4)nn3)cc2)c2[nH]cnc2n1.[N-]=[N+]=NCCOCCOCCOCCOCc1ccc(COc2nc(N)nc3nc[nH]c23)cc1. The zero-order valence-electron chi connectivity index (χ0n) is 74.5. The van der Waals surface area contributed by atoms with Gasteiger partial charge >= 0.3 is 0 Å². The van der Waals surface area contributed by atoms with E-state index in [1.807, 2.05) is 134 Å². The van der Waals surface area contributed by atoms with E-state index in [1.54, 1.807) is 15.7 Å². The van der Waals surface area contributed by atoms with E-state index in [2.05, 4.69) is 102 Å². The molecule has 13 aromatic rings. The van der Waals surface area contributed by atoms with Crippen LogP contribution in [-0.4, -0.2) is 248 Å². The van der Waals surface area contributed by atoms with Crippen molar-refractivity contribution in [3.8, 4) is 42.2 Å². The van der Waals surface area contributed by atoms with Gasteiger partial charge in [-0.2, -0.15) is 24.9 Å². The standard InChI is InChI=1S/C56H70N16O12.C21H28N8O5.C14H14O2/c57-55-63-49(50-52(64-55)61-39-59-50)38-83-48-11-9-44(10-12-48)32-80-28-26-78-24-22-76-20-18-74-16-14-72-30-47(68-70-72)37-82-34-43-3-1-42(2-4-43)33-81-36-46-29-71(69-67-46)13-15-73-17-19-75-21-23-77-25-27-79-31-41-5-7-45(8-6-41)35-84-54-51-53(62-40-60-51)65-56(58)66-54;22-21-27-19-18(24-15-25-19)20(28-21)34-14-17-3-1-16(2-4-17)13-33-12-11-32-10-9-31-8-7-30-6-5-26-29-23;1-3-9-15-11-13-5-7-14(8-6-13)12-16-10-4-2/h1-12,29-30,39-40H,13-28,31-38H2,(H3,57,59,61,63,64)(H3,58,60,62,65,66);1-4,15H,5-14H2,(H3,22,24,25,27,28);1-2,5-8H,9-12H2. The number of fused-ring (bicyclic) bond motifs is 3. The molecule has 134 heavy (non-hydrogen) atoms. The molecule has 0 bridgehead atoms. The number of nitrogens with two attached hydrogens (primary N) is 3. The van der Waals surface area contributed by atoms with Crippen molar-refractivity contribution in [3.63, 3.8) is 0 Å². The first kappa shape index (κ1) is 101. The molecule has 0 saturated carbocycles. The van der Waals surface area contributed by atoms with Gasteiger partial charge in [-0.05, 0) is 67.7 Å². The maximum atomic E-state index is 8.13. The molecule has 0 aliphatic heterocycles. The van der Waals surface area contributed by atoms with Crippen LogP contribution in [0.1, 0.15) is 67.2 Å². The summed E-state index contributed by atoms with van der Waals surface area (Å²) in [5.41, 5.74) is 40.2. The number of aromatic amines is 3. The minimum Gasteiger partial charge on any atom is -0.487 e. The van der Waals surface area contributed by atoms with Crippen LogP contribution in [0.15, 0.2) is 158 Å². The molecule has 0 amide bonds. The smallest absolute Gasteiger partial charge is 0.245 e. The number of hydrogen-bond acceptors (Lipinski definition) is 36. The summed E-state index contributed by atoms with van der Waals surface area (Å²) in [7, 11) is 0. The number of aromatic nitrogens is 18. The van der Waals surface area contributed by atoms with Gasteiger partial charge in [-0.15, -0.1) is 23.0 Å². The number of nitrogen functional groups attached to an aromatic ring is 3. The molecule has 8 aromatic heterocycles. The van der Waals surface area contributed by atoms with Gasteiger partial charge in [0.1, 0.15) is 72.4 Å². The van der Waals surface area contributed by atoms with Gasteiger partial charge in [0.05, 0.1) is 243 Å². The number of anilines is 3. The third-order valence-corrected chi connectivity index (χ3v) is 18.7. The molecule has 0 spiro atoms. The van der Waals surface area contributed by atoms with Crippen LogP contribution < -0.4 is 31.4 Å². The average Bonchev–Trinajstić information content (AvgIpc) is 1.10. The summed E-state index contributed by atoms with van der Waals surface area (Å²) in [5, 5.41) is 20.2. The Kier molecular flexibility index (Phi) is 45.8. The summed E-state index contributed by atoms with van der Waals surface area (Å²) in [5.74, 6) is 6.65. The van der Waals surface area contributed by atoms with Gasteiger partial charge in [-0.1, -0.05) is 137 Å².